The maximum Gasteiger partial charge on any atom is 0.409 e. The van der Waals surface area contributed by atoms with Gasteiger partial charge in [-0.25, -0.2) is 9.59 Å². The van der Waals surface area contributed by atoms with Crippen molar-refractivity contribution in [2.24, 2.45) is 7.05 Å². The fraction of sp³-hybridized carbons (Fsp3) is 0.425. The zero-order valence-corrected chi connectivity index (χ0v) is 31.4. The first-order valence-electron chi connectivity index (χ1n) is 18.0. The number of aromatic nitrogens is 3. The second kappa shape index (κ2) is 16.8. The lowest BCUT2D eigenvalue weighted by atomic mass is 9.93. The zero-order chi connectivity index (χ0) is 36.8. The van der Waals surface area contributed by atoms with E-state index < -0.39 is 18.1 Å². The topological polar surface area (TPSA) is 111 Å². The third kappa shape index (κ3) is 7.62. The van der Waals surface area contributed by atoms with E-state index in [4.69, 9.17) is 35.6 Å². The van der Waals surface area contributed by atoms with Crippen LogP contribution < -0.4 is 4.74 Å². The number of rotatable bonds is 14. The standard InChI is InChI=1S/C40H48ClN5O6/c1-6-31-35(38(43-45(31)4)32(44(3)40(48)49-5)19-20-46-21-24-50-25-22-46)34-30(41)18-17-29-28(37(42-36(29)34)39(47)51-7-2)15-11-23-52-33-16-10-13-26-12-8-9-14-27(26)33/h8-10,12-14,16-18,32,42H,6-7,11,15,19-25H2,1-5H3. The lowest BCUT2D eigenvalue weighted by Crippen LogP contribution is -2.39. The summed E-state index contributed by atoms with van der Waals surface area (Å²) >= 11 is 7.14. The van der Waals surface area contributed by atoms with E-state index in [0.717, 1.165) is 69.4 Å². The number of hydrogen-bond acceptors (Lipinski definition) is 8. The molecule has 1 aliphatic heterocycles. The average molecular weight is 730 g/mol. The first kappa shape index (κ1) is 37.2. The maximum absolute atomic E-state index is 13.5. The summed E-state index contributed by atoms with van der Waals surface area (Å²) in [6.45, 7) is 8.31. The van der Waals surface area contributed by atoms with Gasteiger partial charge in [0, 0.05) is 61.3 Å². The predicted octanol–water partition coefficient (Wildman–Crippen LogP) is 7.59. The molecule has 1 saturated heterocycles. The summed E-state index contributed by atoms with van der Waals surface area (Å²) in [6, 6.07) is 17.6. The molecule has 3 aromatic carbocycles. The number of nitrogens with one attached hydrogen (secondary N) is 1. The highest BCUT2D eigenvalue weighted by molar-refractivity contribution is 6.35. The Hall–Kier alpha value is -4.58. The highest BCUT2D eigenvalue weighted by atomic mass is 35.5. The van der Waals surface area contributed by atoms with Crippen molar-refractivity contribution in [3.8, 4) is 16.9 Å². The summed E-state index contributed by atoms with van der Waals surface area (Å²) in [5.41, 5.74) is 5.19. The molecular formula is C40H48ClN5O6. The Balaban J connectivity index is 1.41. The number of aromatic amines is 1. The predicted molar refractivity (Wildman–Crippen MR) is 203 cm³/mol. The van der Waals surface area contributed by atoms with Crippen LogP contribution in [0.4, 0.5) is 4.79 Å². The molecule has 0 spiro atoms. The van der Waals surface area contributed by atoms with Crippen LogP contribution in [0.1, 0.15) is 60.2 Å². The third-order valence-corrected chi connectivity index (χ3v) is 10.3. The second-order valence-electron chi connectivity index (χ2n) is 13.0. The molecule has 1 unspecified atom stereocenters. The van der Waals surface area contributed by atoms with Gasteiger partial charge in [0.25, 0.3) is 0 Å². The first-order chi connectivity index (χ1) is 25.3. The van der Waals surface area contributed by atoms with Gasteiger partial charge in [0.1, 0.15) is 11.4 Å². The number of amides is 1. The van der Waals surface area contributed by atoms with E-state index in [1.54, 1.807) is 18.9 Å². The largest absolute Gasteiger partial charge is 0.493 e. The van der Waals surface area contributed by atoms with Gasteiger partial charge in [-0.15, -0.1) is 0 Å². The molecule has 52 heavy (non-hydrogen) atoms. The lowest BCUT2D eigenvalue weighted by Gasteiger charge is -2.31. The van der Waals surface area contributed by atoms with Crippen LogP contribution in [0.15, 0.2) is 54.6 Å². The summed E-state index contributed by atoms with van der Waals surface area (Å²) in [4.78, 5) is 34.0. The van der Waals surface area contributed by atoms with Gasteiger partial charge in [0.15, 0.2) is 0 Å². The summed E-state index contributed by atoms with van der Waals surface area (Å²) < 4.78 is 24.5. The van der Waals surface area contributed by atoms with E-state index >= 15 is 0 Å². The molecule has 276 valence electrons. The van der Waals surface area contributed by atoms with Crippen LogP contribution in [0.25, 0.3) is 32.8 Å². The number of nitrogens with zero attached hydrogens (tertiary/aromatic N) is 4. The van der Waals surface area contributed by atoms with Crippen molar-refractivity contribution >= 4 is 45.3 Å². The second-order valence-corrected chi connectivity index (χ2v) is 13.4. The highest BCUT2D eigenvalue weighted by Gasteiger charge is 2.33. The lowest BCUT2D eigenvalue weighted by molar-refractivity contribution is 0.0332. The number of carbonyl (C=O) groups excluding carboxylic acids is 2. The molecule has 6 rings (SSSR count). The number of fused-ring (bicyclic) bond motifs is 2. The number of morpholine rings is 1. The van der Waals surface area contributed by atoms with Crippen LogP contribution in [-0.2, 0) is 34.1 Å². The van der Waals surface area contributed by atoms with Crippen molar-refractivity contribution in [3.63, 3.8) is 0 Å². The van der Waals surface area contributed by atoms with Gasteiger partial charge in [-0.2, -0.15) is 5.10 Å². The van der Waals surface area contributed by atoms with Crippen LogP contribution >= 0.6 is 11.6 Å². The molecule has 12 heteroatoms. The van der Waals surface area contributed by atoms with E-state index in [2.05, 4.69) is 35.0 Å². The summed E-state index contributed by atoms with van der Waals surface area (Å²) in [5.74, 6) is 0.398. The molecule has 3 heterocycles. The van der Waals surface area contributed by atoms with Crippen LogP contribution in [0.2, 0.25) is 5.02 Å². The molecule has 0 aliphatic carbocycles. The van der Waals surface area contributed by atoms with E-state index in [1.165, 1.54) is 7.11 Å². The minimum Gasteiger partial charge on any atom is -0.493 e. The zero-order valence-electron chi connectivity index (χ0n) is 30.7. The Kier molecular flexibility index (Phi) is 12.0. The van der Waals surface area contributed by atoms with Crippen LogP contribution in [0, 0.1) is 0 Å². The molecule has 1 fully saturated rings. The molecule has 1 aliphatic rings. The average Bonchev–Trinajstić information content (AvgIpc) is 3.70. The minimum absolute atomic E-state index is 0.239. The van der Waals surface area contributed by atoms with Crippen molar-refractivity contribution in [2.75, 3.05) is 60.2 Å². The number of aryl methyl sites for hydroxylation is 2. The molecule has 1 atom stereocenters. The Labute approximate surface area is 309 Å². The van der Waals surface area contributed by atoms with Gasteiger partial charge in [-0.05, 0) is 55.7 Å². The van der Waals surface area contributed by atoms with Crippen molar-refractivity contribution < 1.29 is 28.5 Å². The Morgan fingerprint density at radius 3 is 2.56 bits per heavy atom. The van der Waals surface area contributed by atoms with E-state index in [1.807, 2.05) is 48.1 Å². The number of halogens is 1. The molecule has 0 radical (unpaired) electrons. The van der Waals surface area contributed by atoms with E-state index in [-0.39, 0.29) is 6.61 Å². The number of hydrogen-bond donors (Lipinski definition) is 1. The third-order valence-electron chi connectivity index (χ3n) is 9.94. The van der Waals surface area contributed by atoms with Crippen LogP contribution in [0.5, 0.6) is 5.75 Å². The van der Waals surface area contributed by atoms with Gasteiger partial charge < -0.3 is 28.8 Å². The van der Waals surface area contributed by atoms with E-state index in [0.29, 0.717) is 61.9 Å². The van der Waals surface area contributed by atoms with Crippen molar-refractivity contribution in [1.29, 1.82) is 0 Å². The molecule has 2 aromatic heterocycles. The smallest absolute Gasteiger partial charge is 0.409 e. The monoisotopic (exact) mass is 729 g/mol. The number of H-pyrrole nitrogens is 1. The molecule has 1 N–H and O–H groups in total. The SMILES string of the molecule is CCOC(=O)c1[nH]c2c(-c3c(C(CCN4CCOCC4)N(C)C(=O)OC)nn(C)c3CC)c(Cl)ccc2c1CCCOc1cccc2ccccc12. The van der Waals surface area contributed by atoms with E-state index in [9.17, 15) is 9.59 Å². The first-order valence-corrected chi connectivity index (χ1v) is 18.4. The molecule has 0 saturated carbocycles. The number of ether oxygens (including phenoxy) is 4. The Morgan fingerprint density at radius 1 is 1.04 bits per heavy atom. The summed E-state index contributed by atoms with van der Waals surface area (Å²) in [6.07, 6.45) is 2.05. The van der Waals surface area contributed by atoms with Crippen molar-refractivity contribution in [3.05, 3.63) is 82.3 Å². The fourth-order valence-corrected chi connectivity index (χ4v) is 7.59. The molecule has 5 aromatic rings. The number of methoxy groups -OCH3 is 1. The van der Waals surface area contributed by atoms with Crippen LogP contribution in [0.3, 0.4) is 0 Å². The molecule has 0 bridgehead atoms. The summed E-state index contributed by atoms with van der Waals surface area (Å²) in [5, 5.41) is 8.61. The van der Waals surface area contributed by atoms with Gasteiger partial charge >= 0.3 is 12.1 Å². The van der Waals surface area contributed by atoms with Crippen molar-refractivity contribution in [2.45, 2.75) is 45.6 Å². The maximum atomic E-state index is 13.5. The van der Waals surface area contributed by atoms with Gasteiger partial charge in [-0.3, -0.25) is 9.58 Å². The molecule has 1 amide bonds. The van der Waals surface area contributed by atoms with Gasteiger partial charge in [0.2, 0.25) is 0 Å². The Bertz CT molecular complexity index is 2030. The number of carbonyl (C=O) groups is 2. The van der Waals surface area contributed by atoms with Gasteiger partial charge in [-0.1, -0.05) is 61.0 Å². The quantitative estimate of drug-likeness (QED) is 0.0920. The normalized spacial score (nSPS) is 14.1. The molecular weight excluding hydrogens is 682 g/mol. The van der Waals surface area contributed by atoms with Gasteiger partial charge in [0.05, 0.1) is 55.8 Å². The number of benzene rings is 3. The van der Waals surface area contributed by atoms with Crippen LogP contribution in [-0.4, -0.2) is 96.8 Å². The number of esters is 1. The fourth-order valence-electron chi connectivity index (χ4n) is 7.34. The Morgan fingerprint density at radius 2 is 1.81 bits per heavy atom. The van der Waals surface area contributed by atoms with Crippen molar-refractivity contribution in [1.82, 2.24) is 24.6 Å². The molecule has 11 nitrogen and oxygen atoms in total. The summed E-state index contributed by atoms with van der Waals surface area (Å²) in [7, 11) is 5.04. The minimum atomic E-state index is -0.455. The highest BCUT2D eigenvalue weighted by Crippen LogP contribution is 2.44.